The van der Waals surface area contributed by atoms with Crippen LogP contribution >= 0.6 is 0 Å². The van der Waals surface area contributed by atoms with Gasteiger partial charge in [0.25, 0.3) is 5.91 Å². The second-order valence-electron chi connectivity index (χ2n) is 5.69. The van der Waals surface area contributed by atoms with Crippen molar-refractivity contribution in [2.75, 3.05) is 46.0 Å². The van der Waals surface area contributed by atoms with E-state index >= 15 is 0 Å². The third-order valence-electron chi connectivity index (χ3n) is 4.12. The molecule has 0 spiro atoms. The van der Waals surface area contributed by atoms with Gasteiger partial charge >= 0.3 is 5.97 Å². The molecule has 26 heavy (non-hydrogen) atoms. The largest absolute Gasteiger partial charge is 0.452 e. The molecule has 0 aromatic heterocycles. The lowest BCUT2D eigenvalue weighted by atomic mass is 10.2. The number of likely N-dealkylation sites (N-methyl/N-ethyl adjacent to an activating group) is 1. The van der Waals surface area contributed by atoms with Crippen LogP contribution in [-0.2, 0) is 24.3 Å². The van der Waals surface area contributed by atoms with Crippen molar-refractivity contribution in [2.24, 2.45) is 0 Å². The fourth-order valence-corrected chi connectivity index (χ4v) is 4.05. The van der Waals surface area contributed by atoms with Crippen LogP contribution in [0.25, 0.3) is 0 Å². The van der Waals surface area contributed by atoms with Crippen LogP contribution in [0.3, 0.4) is 0 Å². The summed E-state index contributed by atoms with van der Waals surface area (Å²) in [5, 5.41) is 0. The van der Waals surface area contributed by atoms with Crippen LogP contribution in [-0.4, -0.2) is 75.5 Å². The number of morpholine rings is 1. The second-order valence-corrected chi connectivity index (χ2v) is 7.62. The molecule has 0 N–H and O–H groups in total. The van der Waals surface area contributed by atoms with Gasteiger partial charge < -0.3 is 14.4 Å². The normalized spacial score (nSPS) is 15.5. The van der Waals surface area contributed by atoms with Gasteiger partial charge in [0, 0.05) is 26.2 Å². The fourth-order valence-electron chi connectivity index (χ4n) is 2.60. The molecule has 1 heterocycles. The van der Waals surface area contributed by atoms with Crippen LogP contribution in [0.5, 0.6) is 0 Å². The van der Waals surface area contributed by atoms with Gasteiger partial charge in [-0.1, -0.05) is 6.07 Å². The third kappa shape index (κ3) is 4.80. The maximum Gasteiger partial charge on any atom is 0.338 e. The standard InChI is InChI=1S/C17H24N2O6S/c1-3-18(4-2)16(20)13-25-17(21)14-6-5-7-15(12-14)26(22,23)19-8-10-24-11-9-19/h5-7,12H,3-4,8-11,13H2,1-2H3. The van der Waals surface area contributed by atoms with Gasteiger partial charge in [-0.2, -0.15) is 4.31 Å². The Hall–Kier alpha value is -1.97. The number of ether oxygens (including phenoxy) is 2. The molecular weight excluding hydrogens is 360 g/mol. The zero-order valence-corrected chi connectivity index (χ0v) is 15.8. The zero-order valence-electron chi connectivity index (χ0n) is 15.0. The third-order valence-corrected chi connectivity index (χ3v) is 6.02. The first-order valence-electron chi connectivity index (χ1n) is 8.53. The molecular formula is C17H24N2O6S. The van der Waals surface area contributed by atoms with Crippen molar-refractivity contribution in [3.05, 3.63) is 29.8 Å². The molecule has 0 atom stereocenters. The summed E-state index contributed by atoms with van der Waals surface area (Å²) >= 11 is 0. The van der Waals surface area contributed by atoms with E-state index in [9.17, 15) is 18.0 Å². The molecule has 1 saturated heterocycles. The summed E-state index contributed by atoms with van der Waals surface area (Å²) in [7, 11) is -3.70. The Labute approximate surface area is 153 Å². The van der Waals surface area contributed by atoms with Crippen molar-refractivity contribution in [2.45, 2.75) is 18.7 Å². The SMILES string of the molecule is CCN(CC)C(=O)COC(=O)c1cccc(S(=O)(=O)N2CCOCC2)c1. The van der Waals surface area contributed by atoms with E-state index in [0.29, 0.717) is 26.3 Å². The second kappa shape index (κ2) is 9.11. The first kappa shape index (κ1) is 20.3. The number of esters is 1. The predicted molar refractivity (Wildman–Crippen MR) is 94.2 cm³/mol. The van der Waals surface area contributed by atoms with Crippen molar-refractivity contribution in [1.29, 1.82) is 0 Å². The first-order chi connectivity index (χ1) is 12.4. The van der Waals surface area contributed by atoms with Gasteiger partial charge in [0.2, 0.25) is 10.0 Å². The Kier molecular flexibility index (Phi) is 7.13. The summed E-state index contributed by atoms with van der Waals surface area (Å²) in [6, 6.07) is 5.65. The maximum absolute atomic E-state index is 12.7. The number of carbonyl (C=O) groups excluding carboxylic acids is 2. The average Bonchev–Trinajstić information content (AvgIpc) is 2.67. The maximum atomic E-state index is 12.7. The van der Waals surface area contributed by atoms with Crippen molar-refractivity contribution in [3.8, 4) is 0 Å². The minimum atomic E-state index is -3.70. The van der Waals surface area contributed by atoms with Crippen LogP contribution in [0.2, 0.25) is 0 Å². The van der Waals surface area contributed by atoms with Gasteiger partial charge in [0.05, 0.1) is 23.7 Å². The van der Waals surface area contributed by atoms with Gasteiger partial charge in [0.15, 0.2) is 6.61 Å². The smallest absolute Gasteiger partial charge is 0.338 e. The van der Waals surface area contributed by atoms with Crippen molar-refractivity contribution >= 4 is 21.9 Å². The summed E-state index contributed by atoms with van der Waals surface area (Å²) in [5.41, 5.74) is 0.0895. The number of hydrogen-bond acceptors (Lipinski definition) is 6. The molecule has 0 radical (unpaired) electrons. The topological polar surface area (TPSA) is 93.2 Å². The molecule has 1 aromatic carbocycles. The number of benzene rings is 1. The lowest BCUT2D eigenvalue weighted by Gasteiger charge is -2.26. The van der Waals surface area contributed by atoms with E-state index < -0.39 is 16.0 Å². The minimum absolute atomic E-state index is 0.0175. The summed E-state index contributed by atoms with van der Waals surface area (Å²) in [5.74, 6) is -1.02. The molecule has 1 amide bonds. The van der Waals surface area contributed by atoms with Crippen LogP contribution in [0.4, 0.5) is 0 Å². The Morgan fingerprint density at radius 3 is 2.46 bits per heavy atom. The number of hydrogen-bond donors (Lipinski definition) is 0. The van der Waals surface area contributed by atoms with Gasteiger partial charge in [-0.15, -0.1) is 0 Å². The van der Waals surface area contributed by atoms with Gasteiger partial charge in [-0.3, -0.25) is 4.79 Å². The molecule has 0 saturated carbocycles. The molecule has 0 aliphatic carbocycles. The fraction of sp³-hybridized carbons (Fsp3) is 0.529. The molecule has 0 bridgehead atoms. The van der Waals surface area contributed by atoms with E-state index in [-0.39, 0.29) is 36.1 Å². The minimum Gasteiger partial charge on any atom is -0.452 e. The van der Waals surface area contributed by atoms with Crippen LogP contribution in [0.15, 0.2) is 29.2 Å². The molecule has 1 aliphatic heterocycles. The molecule has 144 valence electrons. The van der Waals surface area contributed by atoms with Crippen molar-refractivity contribution in [1.82, 2.24) is 9.21 Å². The molecule has 2 rings (SSSR count). The van der Waals surface area contributed by atoms with Gasteiger partial charge in [-0.05, 0) is 32.0 Å². The van der Waals surface area contributed by atoms with Gasteiger partial charge in [-0.25, -0.2) is 13.2 Å². The molecule has 1 aromatic rings. The highest BCUT2D eigenvalue weighted by atomic mass is 32.2. The van der Waals surface area contributed by atoms with Crippen LogP contribution in [0, 0.1) is 0 Å². The lowest BCUT2D eigenvalue weighted by molar-refractivity contribution is -0.134. The molecule has 8 nitrogen and oxygen atoms in total. The molecule has 9 heteroatoms. The van der Waals surface area contributed by atoms with Crippen molar-refractivity contribution in [3.63, 3.8) is 0 Å². The van der Waals surface area contributed by atoms with Crippen LogP contribution in [0.1, 0.15) is 24.2 Å². The highest BCUT2D eigenvalue weighted by molar-refractivity contribution is 7.89. The monoisotopic (exact) mass is 384 g/mol. The van der Waals surface area contributed by atoms with Crippen molar-refractivity contribution < 1.29 is 27.5 Å². The van der Waals surface area contributed by atoms with E-state index in [2.05, 4.69) is 0 Å². The number of amides is 1. The predicted octanol–water partition coefficient (Wildman–Crippen LogP) is 0.733. The molecule has 1 fully saturated rings. The quantitative estimate of drug-likeness (QED) is 0.644. The lowest BCUT2D eigenvalue weighted by Crippen LogP contribution is -2.40. The summed E-state index contributed by atoms with van der Waals surface area (Å²) in [6.45, 7) is 5.58. The molecule has 1 aliphatic rings. The Bertz CT molecular complexity index is 739. The Morgan fingerprint density at radius 2 is 1.85 bits per heavy atom. The van der Waals surface area contributed by atoms with Gasteiger partial charge in [0.1, 0.15) is 0 Å². The summed E-state index contributed by atoms with van der Waals surface area (Å²) < 4.78 is 36.8. The molecule has 0 unspecified atom stereocenters. The summed E-state index contributed by atoms with van der Waals surface area (Å²) in [6.07, 6.45) is 0. The number of carbonyl (C=O) groups is 2. The average molecular weight is 384 g/mol. The van der Waals surface area contributed by atoms with Crippen LogP contribution < -0.4 is 0 Å². The van der Waals surface area contributed by atoms with E-state index in [4.69, 9.17) is 9.47 Å². The van der Waals surface area contributed by atoms with E-state index in [1.807, 2.05) is 13.8 Å². The number of sulfonamides is 1. The highest BCUT2D eigenvalue weighted by Gasteiger charge is 2.27. The number of nitrogens with zero attached hydrogens (tertiary/aromatic N) is 2. The summed E-state index contributed by atoms with van der Waals surface area (Å²) in [4.78, 5) is 25.7. The van der Waals surface area contributed by atoms with E-state index in [1.165, 1.54) is 28.6 Å². The number of rotatable bonds is 7. The highest BCUT2D eigenvalue weighted by Crippen LogP contribution is 2.18. The van der Waals surface area contributed by atoms with E-state index in [1.54, 1.807) is 4.90 Å². The first-order valence-corrected chi connectivity index (χ1v) is 9.97. The Balaban J connectivity index is 2.08. The van der Waals surface area contributed by atoms with E-state index in [0.717, 1.165) is 0 Å². The Morgan fingerprint density at radius 1 is 1.19 bits per heavy atom. The zero-order chi connectivity index (χ0) is 19.2.